The Kier molecular flexibility index (Phi) is 11.7. The van der Waals surface area contributed by atoms with Gasteiger partial charge in [-0.1, -0.05) is 66.7 Å². The lowest BCUT2D eigenvalue weighted by atomic mass is 9.98. The number of nitrogens with one attached hydrogen (secondary N) is 1. The average Bonchev–Trinajstić information content (AvgIpc) is 3.16. The van der Waals surface area contributed by atoms with Gasteiger partial charge in [0.05, 0.1) is 30.2 Å². The molecule has 2 aliphatic heterocycles. The van der Waals surface area contributed by atoms with Gasteiger partial charge in [-0.15, -0.1) is 0 Å². The number of nitrogens with zero attached hydrogens (tertiary/aromatic N) is 3. The Labute approximate surface area is 296 Å². The van der Waals surface area contributed by atoms with Crippen LogP contribution in [0, 0.1) is 10.1 Å². The number of carbonyl (C=O) groups excluding carboxylic acids is 1. The summed E-state index contributed by atoms with van der Waals surface area (Å²) in [7, 11) is 0. The van der Waals surface area contributed by atoms with E-state index >= 15 is 0 Å². The maximum absolute atomic E-state index is 12.0. The van der Waals surface area contributed by atoms with Crippen molar-refractivity contribution in [2.75, 3.05) is 37.6 Å². The number of anilines is 1. The smallest absolute Gasteiger partial charge is 0.303 e. The van der Waals surface area contributed by atoms with Crippen molar-refractivity contribution < 1.29 is 34.2 Å². The molecule has 3 N–H and O–H groups in total. The predicted octanol–water partition coefficient (Wildman–Crippen LogP) is 5.60. The van der Waals surface area contributed by atoms with Gasteiger partial charge in [-0.2, -0.15) is 0 Å². The largest absolute Gasteiger partial charge is 0.481 e. The minimum Gasteiger partial charge on any atom is -0.481 e. The second kappa shape index (κ2) is 16.7. The quantitative estimate of drug-likeness (QED) is 0.119. The second-order valence-electron chi connectivity index (χ2n) is 12.9. The molecule has 1 amide bonds. The highest BCUT2D eigenvalue weighted by atomic mass is 16.7. The van der Waals surface area contributed by atoms with Crippen LogP contribution in [0.25, 0.3) is 11.1 Å². The Morgan fingerprint density at radius 1 is 0.824 bits per heavy atom. The molecular weight excluding hydrogens is 652 g/mol. The van der Waals surface area contributed by atoms with Gasteiger partial charge in [-0.25, -0.2) is 0 Å². The van der Waals surface area contributed by atoms with Crippen molar-refractivity contribution in [2.45, 2.75) is 50.9 Å². The third kappa shape index (κ3) is 9.56. The average molecular weight is 695 g/mol. The molecule has 4 aromatic rings. The molecule has 2 fully saturated rings. The molecule has 4 aromatic carbocycles. The molecule has 2 saturated heterocycles. The van der Waals surface area contributed by atoms with Crippen molar-refractivity contribution in [3.8, 4) is 11.1 Å². The van der Waals surface area contributed by atoms with E-state index < -0.39 is 12.3 Å². The summed E-state index contributed by atoms with van der Waals surface area (Å²) in [5.74, 6) is -1.30. The van der Waals surface area contributed by atoms with Gasteiger partial charge in [0, 0.05) is 75.5 Å². The molecule has 2 aliphatic rings. The number of nitro benzene ring substituents is 1. The Bertz CT molecular complexity index is 1790. The Morgan fingerprint density at radius 3 is 2.20 bits per heavy atom. The van der Waals surface area contributed by atoms with Crippen LogP contribution in [-0.4, -0.2) is 70.7 Å². The number of amides is 1. The van der Waals surface area contributed by atoms with E-state index in [4.69, 9.17) is 14.6 Å². The molecule has 266 valence electrons. The number of carboxylic acid groups (broad SMARTS) is 1. The van der Waals surface area contributed by atoms with E-state index in [0.717, 1.165) is 71.8 Å². The zero-order valence-electron chi connectivity index (χ0n) is 28.2. The van der Waals surface area contributed by atoms with Gasteiger partial charge in [-0.05, 0) is 46.0 Å². The molecule has 3 unspecified atom stereocenters. The van der Waals surface area contributed by atoms with E-state index in [0.29, 0.717) is 13.0 Å². The van der Waals surface area contributed by atoms with Gasteiger partial charge in [-0.3, -0.25) is 24.6 Å². The summed E-state index contributed by atoms with van der Waals surface area (Å²) in [4.78, 5) is 38.1. The molecule has 2 heterocycles. The van der Waals surface area contributed by atoms with Crippen LogP contribution in [0.2, 0.25) is 0 Å². The molecule has 0 radical (unpaired) electrons. The van der Waals surface area contributed by atoms with Crippen LogP contribution >= 0.6 is 0 Å². The fourth-order valence-corrected chi connectivity index (χ4v) is 6.50. The molecule has 0 spiro atoms. The van der Waals surface area contributed by atoms with E-state index in [1.54, 1.807) is 12.1 Å². The van der Waals surface area contributed by atoms with Crippen molar-refractivity contribution in [2.24, 2.45) is 0 Å². The number of aliphatic hydroxyl groups excluding tert-OH is 1. The van der Waals surface area contributed by atoms with E-state index in [1.807, 2.05) is 84.9 Å². The molecule has 0 aliphatic carbocycles. The summed E-state index contributed by atoms with van der Waals surface area (Å²) in [5.41, 5.74) is 6.70. The number of rotatable bonds is 13. The van der Waals surface area contributed by atoms with E-state index in [9.17, 15) is 24.8 Å². The number of aliphatic hydroxyl groups is 1. The van der Waals surface area contributed by atoms with Crippen molar-refractivity contribution in [3.63, 3.8) is 0 Å². The summed E-state index contributed by atoms with van der Waals surface area (Å²) >= 11 is 0. The Morgan fingerprint density at radius 2 is 1.53 bits per heavy atom. The van der Waals surface area contributed by atoms with Crippen LogP contribution in [-0.2, 0) is 32.2 Å². The summed E-state index contributed by atoms with van der Waals surface area (Å²) < 4.78 is 13.2. The van der Waals surface area contributed by atoms with Crippen molar-refractivity contribution in [1.82, 2.24) is 10.2 Å². The minimum absolute atomic E-state index is 0.0251. The first kappa shape index (κ1) is 35.7. The zero-order valence-corrected chi connectivity index (χ0v) is 28.2. The number of piperazine rings is 1. The number of ether oxygens (including phenoxy) is 2. The van der Waals surface area contributed by atoms with Crippen molar-refractivity contribution >= 4 is 23.3 Å². The molecule has 0 aromatic heterocycles. The van der Waals surface area contributed by atoms with Crippen molar-refractivity contribution in [3.05, 3.63) is 129 Å². The van der Waals surface area contributed by atoms with Crippen LogP contribution in [0.1, 0.15) is 53.9 Å². The number of carboxylic acids is 1. The highest BCUT2D eigenvalue weighted by molar-refractivity contribution is 5.80. The van der Waals surface area contributed by atoms with Gasteiger partial charge >= 0.3 is 5.97 Å². The maximum atomic E-state index is 12.0. The molecule has 6 rings (SSSR count). The molecule has 12 nitrogen and oxygen atoms in total. The summed E-state index contributed by atoms with van der Waals surface area (Å²) in [6.45, 7) is 4.28. The fourth-order valence-electron chi connectivity index (χ4n) is 6.50. The van der Waals surface area contributed by atoms with Gasteiger partial charge in [0.15, 0.2) is 6.29 Å². The summed E-state index contributed by atoms with van der Waals surface area (Å²) in [6.07, 6.45) is -0.473. The number of carbonyl (C=O) groups is 2. The number of hydrogen-bond donors (Lipinski definition) is 3. The second-order valence-corrected chi connectivity index (χ2v) is 12.9. The molecule has 0 bridgehead atoms. The number of hydrogen-bond acceptors (Lipinski definition) is 9. The van der Waals surface area contributed by atoms with Crippen LogP contribution in [0.5, 0.6) is 0 Å². The zero-order chi connectivity index (χ0) is 35.7. The first-order valence-electron chi connectivity index (χ1n) is 17.1. The number of nitro groups is 1. The van der Waals surface area contributed by atoms with Gasteiger partial charge in [0.25, 0.3) is 5.69 Å². The SMILES string of the molecule is O=C(O)CCC(=O)NCc1cccc(-c2ccc(C3OC(CN4CCN(c5ccc([N+](=O)[O-])cc5)CC4)CC(c4ccc(CO)cc4)O3)cc2)c1. The third-order valence-corrected chi connectivity index (χ3v) is 9.37. The number of benzene rings is 4. The first-order chi connectivity index (χ1) is 24.7. The molecule has 12 heteroatoms. The van der Waals surface area contributed by atoms with E-state index in [1.165, 1.54) is 0 Å². The van der Waals surface area contributed by atoms with Crippen LogP contribution < -0.4 is 10.2 Å². The fraction of sp³-hybridized carbons (Fsp3) is 0.333. The van der Waals surface area contributed by atoms with Gasteiger partial charge in [0.2, 0.25) is 5.91 Å². The van der Waals surface area contributed by atoms with Crippen LogP contribution in [0.3, 0.4) is 0 Å². The normalized spacial score (nSPS) is 19.4. The number of non-ortho nitro benzene ring substituents is 1. The topological polar surface area (TPSA) is 155 Å². The maximum Gasteiger partial charge on any atom is 0.303 e. The standard InChI is InChI=1S/C39H42N4O8/c44-26-27-4-6-30(7-5-27)36-23-35(25-41-18-20-42(21-19-41)33-12-14-34(15-13-33)43(48)49)50-39(51-36)31-10-8-29(9-11-31)32-3-1-2-28(22-32)24-40-37(45)16-17-38(46)47/h1-15,22,35-36,39,44H,16-21,23-26H2,(H,40,45)(H,46,47). The molecule has 51 heavy (non-hydrogen) atoms. The molecular formula is C39H42N4O8. The lowest BCUT2D eigenvalue weighted by Gasteiger charge is -2.41. The Hall–Kier alpha value is -5.14. The van der Waals surface area contributed by atoms with Gasteiger partial charge in [0.1, 0.15) is 0 Å². The minimum atomic E-state index is -1.00. The van der Waals surface area contributed by atoms with Crippen molar-refractivity contribution in [1.29, 1.82) is 0 Å². The summed E-state index contributed by atoms with van der Waals surface area (Å²) in [6, 6.07) is 30.5. The lowest BCUT2D eigenvalue weighted by Crippen LogP contribution is -2.49. The highest BCUT2D eigenvalue weighted by Gasteiger charge is 2.34. The highest BCUT2D eigenvalue weighted by Crippen LogP contribution is 2.39. The predicted molar refractivity (Wildman–Crippen MR) is 191 cm³/mol. The Balaban J connectivity index is 1.11. The lowest BCUT2D eigenvalue weighted by molar-refractivity contribution is -0.384. The van der Waals surface area contributed by atoms with E-state index in [-0.39, 0.29) is 48.2 Å². The third-order valence-electron chi connectivity index (χ3n) is 9.37. The van der Waals surface area contributed by atoms with Crippen LogP contribution in [0.15, 0.2) is 97.1 Å². The van der Waals surface area contributed by atoms with Crippen LogP contribution in [0.4, 0.5) is 11.4 Å². The summed E-state index contributed by atoms with van der Waals surface area (Å²) in [5, 5.41) is 32.2. The van der Waals surface area contributed by atoms with Gasteiger partial charge < -0.3 is 29.9 Å². The monoisotopic (exact) mass is 694 g/mol. The molecule has 0 saturated carbocycles. The first-order valence-corrected chi connectivity index (χ1v) is 17.1. The number of aliphatic carboxylic acids is 1. The van der Waals surface area contributed by atoms with E-state index in [2.05, 4.69) is 15.1 Å². The molecule has 3 atom stereocenters.